The van der Waals surface area contributed by atoms with Crippen molar-refractivity contribution < 1.29 is 17.6 Å². The molecular formula is C45H45F4N. The average Bonchev–Trinajstić information content (AvgIpc) is 3.11. The molecular weight excluding hydrogens is 630 g/mol. The van der Waals surface area contributed by atoms with Crippen LogP contribution in [0.5, 0.6) is 0 Å². The fourth-order valence-corrected chi connectivity index (χ4v) is 8.68. The molecule has 0 aliphatic carbocycles. The number of halogens is 4. The van der Waals surface area contributed by atoms with Gasteiger partial charge < -0.3 is 0 Å². The van der Waals surface area contributed by atoms with E-state index in [0.717, 1.165) is 27.8 Å². The molecule has 5 rings (SSSR count). The third-order valence-corrected chi connectivity index (χ3v) is 12.6. The van der Waals surface area contributed by atoms with Crippen LogP contribution in [0, 0.1) is 24.1 Å². The van der Waals surface area contributed by atoms with E-state index in [2.05, 4.69) is 90.9 Å². The lowest BCUT2D eigenvalue weighted by molar-refractivity contribution is -0.137. The van der Waals surface area contributed by atoms with Crippen LogP contribution in [0.15, 0.2) is 127 Å². The Balaban J connectivity index is 2.03. The largest absolute Gasteiger partial charge is 0.416 e. The highest BCUT2D eigenvalue weighted by molar-refractivity contribution is 5.55. The zero-order valence-corrected chi connectivity index (χ0v) is 30.1. The molecule has 3 unspecified atom stereocenters. The molecule has 0 fully saturated rings. The number of aryl methyl sites for hydroxylation is 1. The van der Waals surface area contributed by atoms with E-state index in [0.29, 0.717) is 11.1 Å². The lowest BCUT2D eigenvalue weighted by atomic mass is 9.35. The van der Waals surface area contributed by atoms with E-state index in [9.17, 15) is 22.8 Å². The van der Waals surface area contributed by atoms with Gasteiger partial charge in [-0.25, -0.2) is 4.39 Å². The minimum Gasteiger partial charge on any atom is -0.207 e. The van der Waals surface area contributed by atoms with Crippen molar-refractivity contribution in [3.05, 3.63) is 178 Å². The molecule has 0 bridgehead atoms. The molecule has 0 aliphatic heterocycles. The second kappa shape index (κ2) is 12.9. The first kappa shape index (κ1) is 36.6. The predicted molar refractivity (Wildman–Crippen MR) is 195 cm³/mol. The van der Waals surface area contributed by atoms with Gasteiger partial charge in [-0.3, -0.25) is 0 Å². The lowest BCUT2D eigenvalue weighted by Crippen LogP contribution is -2.68. The molecule has 0 aliphatic rings. The second-order valence-corrected chi connectivity index (χ2v) is 15.1. The number of benzene rings is 5. The number of rotatable bonds is 9. The number of hydrogen-bond donors (Lipinski definition) is 0. The molecule has 0 spiro atoms. The summed E-state index contributed by atoms with van der Waals surface area (Å²) in [5.41, 5.74) is 1.18. The smallest absolute Gasteiger partial charge is 0.207 e. The summed E-state index contributed by atoms with van der Waals surface area (Å²) in [5, 5.41) is 9.79. The molecule has 5 aromatic rings. The molecule has 0 amide bonds. The number of alkyl halides is 3. The van der Waals surface area contributed by atoms with Crippen molar-refractivity contribution in [1.82, 2.24) is 0 Å². The summed E-state index contributed by atoms with van der Waals surface area (Å²) in [4.78, 5) is 0. The van der Waals surface area contributed by atoms with Crippen LogP contribution in [0.1, 0.15) is 93.0 Å². The maximum absolute atomic E-state index is 14.8. The van der Waals surface area contributed by atoms with Crippen LogP contribution in [-0.4, -0.2) is 0 Å². The fourth-order valence-electron chi connectivity index (χ4n) is 8.68. The molecule has 1 nitrogen and oxygen atoms in total. The van der Waals surface area contributed by atoms with Gasteiger partial charge in [-0.15, -0.1) is 0 Å². The van der Waals surface area contributed by atoms with E-state index in [1.807, 2.05) is 61.5 Å². The third-order valence-electron chi connectivity index (χ3n) is 12.6. The first-order valence-corrected chi connectivity index (χ1v) is 16.9. The molecule has 0 saturated heterocycles. The molecule has 3 atom stereocenters. The summed E-state index contributed by atoms with van der Waals surface area (Å²) in [6, 6.07) is 40.5. The van der Waals surface area contributed by atoms with E-state index < -0.39 is 38.8 Å². The van der Waals surface area contributed by atoms with Gasteiger partial charge in [0.2, 0.25) is 0 Å². The number of nitrogens with zero attached hydrogens (tertiary/aromatic N) is 1. The van der Waals surface area contributed by atoms with Gasteiger partial charge >= 0.3 is 6.18 Å². The molecule has 50 heavy (non-hydrogen) atoms. The van der Waals surface area contributed by atoms with Crippen molar-refractivity contribution in [3.8, 4) is 6.07 Å². The SMILES string of the molecule is Cc1ccc(C(C)(C)C(C)(c2ccc(C#N)cc2)C(C)(c2ccc(C(F)(F)F)cc2)C(C)(c2ccc(F)cc2)C(C)(C)c2ccccc2)cc1. The maximum Gasteiger partial charge on any atom is 0.416 e. The standard InChI is InChI=1S/C45H45F4N/c1-31-14-18-34(19-15-31)41(4,5)42(6,35-20-16-32(30-50)17-21-35)44(8,37-22-24-38(25-23-37)45(47,48)49)43(7,36-26-28-39(46)29-27-36)40(2,3)33-12-10-9-11-13-33/h9-29H,1-8H3. The summed E-state index contributed by atoms with van der Waals surface area (Å²) in [5.74, 6) is -0.375. The summed E-state index contributed by atoms with van der Waals surface area (Å²) in [6.07, 6.45) is -4.52. The van der Waals surface area contributed by atoms with Crippen LogP contribution < -0.4 is 0 Å². The van der Waals surface area contributed by atoms with E-state index in [-0.39, 0.29) is 5.82 Å². The van der Waals surface area contributed by atoms with Crippen molar-refractivity contribution in [3.63, 3.8) is 0 Å². The first-order chi connectivity index (χ1) is 23.4. The minimum atomic E-state index is -4.52. The van der Waals surface area contributed by atoms with Crippen molar-refractivity contribution in [1.29, 1.82) is 5.26 Å². The molecule has 0 saturated carbocycles. The van der Waals surface area contributed by atoms with Gasteiger partial charge in [0.05, 0.1) is 17.2 Å². The molecule has 0 heterocycles. The zero-order chi connectivity index (χ0) is 36.8. The van der Waals surface area contributed by atoms with Crippen LogP contribution in [0.3, 0.4) is 0 Å². The quantitative estimate of drug-likeness (QED) is 0.143. The summed E-state index contributed by atoms with van der Waals surface area (Å²) in [7, 11) is 0. The van der Waals surface area contributed by atoms with Gasteiger partial charge in [0, 0.05) is 16.2 Å². The van der Waals surface area contributed by atoms with Crippen molar-refractivity contribution in [2.45, 2.75) is 88.6 Å². The Bertz CT molecular complexity index is 1970. The van der Waals surface area contributed by atoms with E-state index in [1.165, 1.54) is 24.3 Å². The Hall–Kier alpha value is -4.69. The van der Waals surface area contributed by atoms with Crippen LogP contribution >= 0.6 is 0 Å². The topological polar surface area (TPSA) is 23.8 Å². The minimum absolute atomic E-state index is 0.375. The average molecular weight is 676 g/mol. The van der Waals surface area contributed by atoms with Crippen LogP contribution in [0.4, 0.5) is 17.6 Å². The Labute approximate surface area is 294 Å². The molecule has 0 radical (unpaired) electrons. The highest BCUT2D eigenvalue weighted by Gasteiger charge is 2.67. The highest BCUT2D eigenvalue weighted by Crippen LogP contribution is 2.67. The van der Waals surface area contributed by atoms with E-state index >= 15 is 0 Å². The van der Waals surface area contributed by atoms with Crippen molar-refractivity contribution in [2.75, 3.05) is 0 Å². The molecule has 0 aromatic heterocycles. The lowest BCUT2D eigenvalue weighted by Gasteiger charge is -2.67. The van der Waals surface area contributed by atoms with Crippen molar-refractivity contribution in [2.24, 2.45) is 0 Å². The van der Waals surface area contributed by atoms with Gasteiger partial charge in [-0.2, -0.15) is 18.4 Å². The molecule has 5 heteroatoms. The monoisotopic (exact) mass is 675 g/mol. The molecule has 5 aromatic carbocycles. The van der Waals surface area contributed by atoms with Gasteiger partial charge in [-0.1, -0.05) is 145 Å². The van der Waals surface area contributed by atoms with Crippen molar-refractivity contribution >= 4 is 0 Å². The summed E-state index contributed by atoms with van der Waals surface area (Å²) >= 11 is 0. The maximum atomic E-state index is 14.8. The zero-order valence-electron chi connectivity index (χ0n) is 30.1. The number of nitriles is 1. The van der Waals surface area contributed by atoms with Crippen LogP contribution in [-0.2, 0) is 33.3 Å². The first-order valence-electron chi connectivity index (χ1n) is 16.9. The van der Waals surface area contributed by atoms with Gasteiger partial charge in [0.15, 0.2) is 0 Å². The predicted octanol–water partition coefficient (Wildman–Crippen LogP) is 12.2. The molecule has 0 N–H and O–H groups in total. The third kappa shape index (κ3) is 5.63. The van der Waals surface area contributed by atoms with Crippen LogP contribution in [0.25, 0.3) is 0 Å². The van der Waals surface area contributed by atoms with Gasteiger partial charge in [0.1, 0.15) is 5.82 Å². The fraction of sp³-hybridized carbons (Fsp3) is 0.311. The Morgan fingerprint density at radius 3 is 1.24 bits per heavy atom. The second-order valence-electron chi connectivity index (χ2n) is 15.1. The summed E-state index contributed by atoms with van der Waals surface area (Å²) in [6.45, 7) is 17.3. The van der Waals surface area contributed by atoms with E-state index in [4.69, 9.17) is 0 Å². The van der Waals surface area contributed by atoms with Gasteiger partial charge in [-0.05, 0) is 82.0 Å². The van der Waals surface area contributed by atoms with Crippen LogP contribution in [0.2, 0.25) is 0 Å². The Kier molecular flexibility index (Phi) is 9.43. The van der Waals surface area contributed by atoms with Gasteiger partial charge in [0.25, 0.3) is 0 Å². The number of hydrogen-bond acceptors (Lipinski definition) is 1. The highest BCUT2D eigenvalue weighted by atomic mass is 19.4. The summed E-state index contributed by atoms with van der Waals surface area (Å²) < 4.78 is 57.1. The Morgan fingerprint density at radius 2 is 0.800 bits per heavy atom. The van der Waals surface area contributed by atoms with E-state index in [1.54, 1.807) is 12.1 Å². The normalized spacial score (nSPS) is 16.1. The molecule has 258 valence electrons. The Morgan fingerprint density at radius 1 is 0.440 bits per heavy atom.